The molecule has 0 unspecified atom stereocenters. The van der Waals surface area contributed by atoms with Crippen molar-refractivity contribution in [3.63, 3.8) is 0 Å². The molecule has 0 spiro atoms. The average Bonchev–Trinajstić information content (AvgIpc) is 2.66. The van der Waals surface area contributed by atoms with E-state index in [9.17, 15) is 13.2 Å². The molecule has 0 radical (unpaired) electrons. The number of carbonyl (C=O) groups excluding carboxylic acids is 1. The Labute approximate surface area is 168 Å². The van der Waals surface area contributed by atoms with Crippen LogP contribution >= 0.6 is 0 Å². The van der Waals surface area contributed by atoms with E-state index >= 15 is 0 Å². The van der Waals surface area contributed by atoms with Crippen LogP contribution in [0.2, 0.25) is 0 Å². The molecule has 0 aromatic heterocycles. The maximum Gasteiger partial charge on any atom is 0.250 e. The molecule has 5 nitrogen and oxygen atoms in total. The first-order valence-electron chi connectivity index (χ1n) is 9.70. The molecular formula is C22H28N2O3S. The third kappa shape index (κ3) is 3.92. The smallest absolute Gasteiger partial charge is 0.250 e. The third-order valence-corrected chi connectivity index (χ3v) is 6.46. The lowest BCUT2D eigenvalue weighted by molar-refractivity contribution is -0.119. The number of fused-ring (bicyclic) bond motifs is 1. The SMILES string of the molecule is CC[C@H](C(=O)N1CCCc2ccccc21)N(c1cc(C)ccc1C)S(C)(=O)=O. The van der Waals surface area contributed by atoms with E-state index in [1.54, 1.807) is 4.90 Å². The molecule has 0 saturated carbocycles. The van der Waals surface area contributed by atoms with Gasteiger partial charge in [-0.25, -0.2) is 8.42 Å². The number of nitrogens with zero attached hydrogens (tertiary/aromatic N) is 2. The predicted octanol–water partition coefficient (Wildman–Crippen LogP) is 3.83. The number of hydrogen-bond acceptors (Lipinski definition) is 3. The minimum absolute atomic E-state index is 0.166. The molecule has 1 amide bonds. The molecule has 150 valence electrons. The number of rotatable bonds is 5. The zero-order valence-electron chi connectivity index (χ0n) is 17.0. The van der Waals surface area contributed by atoms with Crippen LogP contribution < -0.4 is 9.21 Å². The number of carbonyl (C=O) groups is 1. The Hall–Kier alpha value is -2.34. The van der Waals surface area contributed by atoms with Crippen molar-refractivity contribution >= 4 is 27.3 Å². The zero-order chi connectivity index (χ0) is 20.5. The maximum atomic E-state index is 13.6. The first-order chi connectivity index (χ1) is 13.2. The fraction of sp³-hybridized carbons (Fsp3) is 0.409. The molecule has 0 aliphatic carbocycles. The number of hydrogen-bond donors (Lipinski definition) is 0. The molecule has 1 heterocycles. The van der Waals surface area contributed by atoms with E-state index in [1.165, 1.54) is 10.6 Å². The maximum absolute atomic E-state index is 13.6. The van der Waals surface area contributed by atoms with Crippen molar-refractivity contribution in [2.75, 3.05) is 22.0 Å². The zero-order valence-corrected chi connectivity index (χ0v) is 17.8. The van der Waals surface area contributed by atoms with Crippen molar-refractivity contribution in [1.29, 1.82) is 0 Å². The van der Waals surface area contributed by atoms with E-state index in [0.717, 1.165) is 35.2 Å². The van der Waals surface area contributed by atoms with E-state index < -0.39 is 16.1 Å². The van der Waals surface area contributed by atoms with Gasteiger partial charge in [0.1, 0.15) is 6.04 Å². The minimum atomic E-state index is -3.64. The Morgan fingerprint density at radius 3 is 2.57 bits per heavy atom. The molecule has 2 aromatic carbocycles. The molecule has 6 heteroatoms. The Balaban J connectivity index is 2.07. The molecule has 1 aliphatic rings. The lowest BCUT2D eigenvalue weighted by atomic mass is 10.0. The highest BCUT2D eigenvalue weighted by Gasteiger charge is 2.36. The van der Waals surface area contributed by atoms with Crippen molar-refractivity contribution in [3.05, 3.63) is 59.2 Å². The van der Waals surface area contributed by atoms with Gasteiger partial charge < -0.3 is 4.90 Å². The number of anilines is 2. The molecule has 0 fully saturated rings. The quantitative estimate of drug-likeness (QED) is 0.766. The number of sulfonamides is 1. The van der Waals surface area contributed by atoms with Crippen LogP contribution in [0, 0.1) is 13.8 Å². The Bertz CT molecular complexity index is 985. The molecule has 0 N–H and O–H groups in total. The Morgan fingerprint density at radius 2 is 1.89 bits per heavy atom. The summed E-state index contributed by atoms with van der Waals surface area (Å²) < 4.78 is 26.9. The summed E-state index contributed by atoms with van der Waals surface area (Å²) >= 11 is 0. The van der Waals surface area contributed by atoms with Gasteiger partial charge in [-0.15, -0.1) is 0 Å². The third-order valence-electron chi connectivity index (χ3n) is 5.29. The van der Waals surface area contributed by atoms with E-state index in [0.29, 0.717) is 18.7 Å². The van der Waals surface area contributed by atoms with Gasteiger partial charge in [-0.2, -0.15) is 0 Å². The normalized spacial score (nSPS) is 15.1. The largest absolute Gasteiger partial charge is 0.310 e. The topological polar surface area (TPSA) is 57.7 Å². The van der Waals surface area contributed by atoms with Crippen molar-refractivity contribution < 1.29 is 13.2 Å². The van der Waals surface area contributed by atoms with Gasteiger partial charge in [0, 0.05) is 12.2 Å². The predicted molar refractivity (Wildman–Crippen MR) is 114 cm³/mol. The summed E-state index contributed by atoms with van der Waals surface area (Å²) in [7, 11) is -3.64. The van der Waals surface area contributed by atoms with Crippen molar-refractivity contribution in [2.24, 2.45) is 0 Å². The molecule has 1 atom stereocenters. The molecule has 0 saturated heterocycles. The molecular weight excluding hydrogens is 372 g/mol. The second-order valence-electron chi connectivity index (χ2n) is 7.49. The van der Waals surface area contributed by atoms with Gasteiger partial charge in [0.2, 0.25) is 10.0 Å². The van der Waals surface area contributed by atoms with Gasteiger partial charge in [0.15, 0.2) is 0 Å². The van der Waals surface area contributed by atoms with Gasteiger partial charge >= 0.3 is 0 Å². The van der Waals surface area contributed by atoms with Crippen molar-refractivity contribution in [2.45, 2.75) is 46.1 Å². The van der Waals surface area contributed by atoms with Gasteiger partial charge in [-0.1, -0.05) is 37.3 Å². The highest BCUT2D eigenvalue weighted by molar-refractivity contribution is 7.92. The lowest BCUT2D eigenvalue weighted by Gasteiger charge is -2.37. The molecule has 1 aliphatic heterocycles. The van der Waals surface area contributed by atoms with Gasteiger partial charge in [0.05, 0.1) is 11.9 Å². The van der Waals surface area contributed by atoms with E-state index in [-0.39, 0.29) is 5.91 Å². The highest BCUT2D eigenvalue weighted by atomic mass is 32.2. The fourth-order valence-corrected chi connectivity index (χ4v) is 5.17. The van der Waals surface area contributed by atoms with Crippen LogP contribution in [0.5, 0.6) is 0 Å². The second kappa shape index (κ2) is 7.95. The van der Waals surface area contributed by atoms with Crippen molar-refractivity contribution in [1.82, 2.24) is 0 Å². The Morgan fingerprint density at radius 1 is 1.18 bits per heavy atom. The monoisotopic (exact) mass is 400 g/mol. The minimum Gasteiger partial charge on any atom is -0.310 e. The number of benzene rings is 2. The standard InChI is InChI=1S/C22H28N2O3S/c1-5-19(22(25)23-14-8-10-18-9-6-7-11-20(18)23)24(28(4,26)27)21-15-16(2)12-13-17(21)3/h6-7,9,11-13,15,19H,5,8,10,14H2,1-4H3/t19-/m1/s1. The van der Waals surface area contributed by atoms with Crippen LogP contribution in [0.25, 0.3) is 0 Å². The molecule has 0 bridgehead atoms. The van der Waals surface area contributed by atoms with E-state index in [2.05, 4.69) is 0 Å². The number of para-hydroxylation sites is 1. The van der Waals surface area contributed by atoms with Gasteiger partial charge in [-0.05, 0) is 61.9 Å². The first kappa shape index (κ1) is 20.4. The van der Waals surface area contributed by atoms with Crippen LogP contribution in [0.4, 0.5) is 11.4 Å². The molecule has 28 heavy (non-hydrogen) atoms. The number of aryl methyl sites for hydroxylation is 3. The summed E-state index contributed by atoms with van der Waals surface area (Å²) in [5, 5.41) is 0. The lowest BCUT2D eigenvalue weighted by Crippen LogP contribution is -2.52. The second-order valence-corrected chi connectivity index (χ2v) is 9.35. The first-order valence-corrected chi connectivity index (χ1v) is 11.5. The number of amides is 1. The fourth-order valence-electron chi connectivity index (χ4n) is 3.92. The van der Waals surface area contributed by atoms with Crippen LogP contribution in [0.3, 0.4) is 0 Å². The van der Waals surface area contributed by atoms with Crippen LogP contribution in [-0.2, 0) is 21.2 Å². The summed E-state index contributed by atoms with van der Waals surface area (Å²) in [4.78, 5) is 15.3. The van der Waals surface area contributed by atoms with Crippen LogP contribution in [0.1, 0.15) is 36.5 Å². The van der Waals surface area contributed by atoms with E-state index in [4.69, 9.17) is 0 Å². The molecule has 2 aromatic rings. The summed E-state index contributed by atoms with van der Waals surface area (Å²) in [5.74, 6) is -0.166. The molecule has 3 rings (SSSR count). The van der Waals surface area contributed by atoms with Crippen molar-refractivity contribution in [3.8, 4) is 0 Å². The highest BCUT2D eigenvalue weighted by Crippen LogP contribution is 2.32. The summed E-state index contributed by atoms with van der Waals surface area (Å²) in [5.41, 5.74) is 4.40. The summed E-state index contributed by atoms with van der Waals surface area (Å²) in [6.45, 7) is 6.27. The van der Waals surface area contributed by atoms with Crippen LogP contribution in [0.15, 0.2) is 42.5 Å². The van der Waals surface area contributed by atoms with Gasteiger partial charge in [-0.3, -0.25) is 9.10 Å². The Kier molecular flexibility index (Phi) is 5.79. The summed E-state index contributed by atoms with van der Waals surface area (Å²) in [6.07, 6.45) is 3.39. The van der Waals surface area contributed by atoms with Crippen LogP contribution in [-0.4, -0.2) is 33.2 Å². The average molecular weight is 401 g/mol. The van der Waals surface area contributed by atoms with E-state index in [1.807, 2.05) is 63.2 Å². The summed E-state index contributed by atoms with van der Waals surface area (Å²) in [6, 6.07) is 12.8. The van der Waals surface area contributed by atoms with Gasteiger partial charge in [0.25, 0.3) is 5.91 Å².